The molecule has 0 rings (SSSR count). The molecule has 0 aromatic heterocycles. The van der Waals surface area contributed by atoms with Gasteiger partial charge in [0.15, 0.2) is 0 Å². The number of ether oxygens (including phenoxy) is 1. The van der Waals surface area contributed by atoms with E-state index in [-0.39, 0.29) is 0 Å². The molecular weight excluding hydrogens is 184 g/mol. The van der Waals surface area contributed by atoms with Crippen LogP contribution >= 0.6 is 0 Å². The van der Waals surface area contributed by atoms with Crippen molar-refractivity contribution in [3.63, 3.8) is 0 Å². The normalized spacial score (nSPS) is 12.7. The van der Waals surface area contributed by atoms with E-state index in [1.54, 1.807) is 7.11 Å². The first-order valence-electron chi connectivity index (χ1n) is 4.86. The monoisotopic (exact) mass is 204 g/mol. The van der Waals surface area contributed by atoms with Crippen LogP contribution in [0.4, 0.5) is 0 Å². The lowest BCUT2D eigenvalue weighted by atomic mass is 10.2. The van der Waals surface area contributed by atoms with Crippen molar-refractivity contribution < 1.29 is 14.6 Å². The second-order valence-corrected chi connectivity index (χ2v) is 3.20. The molecule has 0 aromatic carbocycles. The first-order chi connectivity index (χ1) is 6.68. The summed E-state index contributed by atoms with van der Waals surface area (Å²) in [4.78, 5) is 10.3. The molecule has 0 bridgehead atoms. The van der Waals surface area contributed by atoms with Gasteiger partial charge in [-0.2, -0.15) is 0 Å². The average molecular weight is 204 g/mol. The van der Waals surface area contributed by atoms with Crippen LogP contribution in [-0.2, 0) is 9.53 Å². The van der Waals surface area contributed by atoms with E-state index in [0.29, 0.717) is 6.54 Å². The van der Waals surface area contributed by atoms with Crippen molar-refractivity contribution in [1.82, 2.24) is 5.32 Å². The Morgan fingerprint density at radius 1 is 1.50 bits per heavy atom. The minimum absolute atomic E-state index is 0.333. The summed E-state index contributed by atoms with van der Waals surface area (Å²) in [6.07, 6.45) is 3.15. The van der Waals surface area contributed by atoms with Gasteiger partial charge in [0, 0.05) is 20.3 Å². The van der Waals surface area contributed by atoms with Crippen molar-refractivity contribution >= 4 is 5.97 Å². The molecule has 5 heteroatoms. The molecule has 84 valence electrons. The summed E-state index contributed by atoms with van der Waals surface area (Å²) in [7, 11) is 1.68. The number of unbranched alkanes of at least 4 members (excludes halogenated alkanes) is 2. The zero-order valence-electron chi connectivity index (χ0n) is 8.66. The summed E-state index contributed by atoms with van der Waals surface area (Å²) in [5.74, 6) is -0.961. The molecule has 0 saturated carbocycles. The molecular formula is C9H20N2O3. The van der Waals surface area contributed by atoms with Crippen molar-refractivity contribution in [2.75, 3.05) is 26.8 Å². The molecule has 0 aromatic rings. The van der Waals surface area contributed by atoms with E-state index in [2.05, 4.69) is 5.32 Å². The van der Waals surface area contributed by atoms with Crippen LogP contribution in [0, 0.1) is 0 Å². The molecule has 1 atom stereocenters. The van der Waals surface area contributed by atoms with E-state index in [9.17, 15) is 4.79 Å². The molecule has 0 spiro atoms. The van der Waals surface area contributed by atoms with Crippen LogP contribution in [0.5, 0.6) is 0 Å². The molecule has 0 aliphatic carbocycles. The second kappa shape index (κ2) is 8.93. The Balaban J connectivity index is 3.09. The maximum absolute atomic E-state index is 10.3. The molecule has 0 aliphatic heterocycles. The third-order valence-corrected chi connectivity index (χ3v) is 1.88. The molecule has 0 amide bonds. The van der Waals surface area contributed by atoms with Crippen LogP contribution in [-0.4, -0.2) is 43.9 Å². The Hall–Kier alpha value is -0.650. The predicted molar refractivity (Wildman–Crippen MR) is 54.2 cm³/mol. The van der Waals surface area contributed by atoms with Crippen LogP contribution in [0.25, 0.3) is 0 Å². The number of hydrogen-bond donors (Lipinski definition) is 3. The summed E-state index contributed by atoms with van der Waals surface area (Å²) >= 11 is 0. The Labute approximate surface area is 84.6 Å². The smallest absolute Gasteiger partial charge is 0.321 e. The Morgan fingerprint density at radius 3 is 2.79 bits per heavy atom. The number of nitrogens with one attached hydrogen (secondary N) is 1. The molecule has 0 saturated heterocycles. The van der Waals surface area contributed by atoms with Crippen molar-refractivity contribution in [3.05, 3.63) is 0 Å². The topological polar surface area (TPSA) is 84.6 Å². The number of carbonyl (C=O) groups is 1. The Kier molecular flexibility index (Phi) is 8.51. The number of rotatable bonds is 9. The standard InChI is InChI=1S/C9H20N2O3/c1-14-6-4-2-3-5-11-7-8(10)9(12)13/h8,11H,2-7,10H2,1H3,(H,12,13). The predicted octanol–water partition coefficient (Wildman–Crippen LogP) is -0.195. The highest BCUT2D eigenvalue weighted by atomic mass is 16.5. The largest absolute Gasteiger partial charge is 0.480 e. The SMILES string of the molecule is COCCCCCNCC(N)C(=O)O. The van der Waals surface area contributed by atoms with Gasteiger partial charge in [-0.25, -0.2) is 0 Å². The molecule has 5 nitrogen and oxygen atoms in total. The quantitative estimate of drug-likeness (QED) is 0.453. The number of hydrogen-bond acceptors (Lipinski definition) is 4. The van der Waals surface area contributed by atoms with Gasteiger partial charge >= 0.3 is 5.97 Å². The lowest BCUT2D eigenvalue weighted by molar-refractivity contribution is -0.138. The first-order valence-corrected chi connectivity index (χ1v) is 4.86. The number of aliphatic carboxylic acids is 1. The van der Waals surface area contributed by atoms with E-state index < -0.39 is 12.0 Å². The van der Waals surface area contributed by atoms with Crippen molar-refractivity contribution in [2.45, 2.75) is 25.3 Å². The maximum atomic E-state index is 10.3. The molecule has 14 heavy (non-hydrogen) atoms. The van der Waals surface area contributed by atoms with Crippen LogP contribution in [0.3, 0.4) is 0 Å². The molecule has 4 N–H and O–H groups in total. The number of carboxylic acids is 1. The van der Waals surface area contributed by atoms with Gasteiger partial charge in [0.1, 0.15) is 6.04 Å². The molecule has 0 radical (unpaired) electrons. The fourth-order valence-electron chi connectivity index (χ4n) is 1.02. The van der Waals surface area contributed by atoms with Gasteiger partial charge in [-0.3, -0.25) is 4.79 Å². The third kappa shape index (κ3) is 7.97. The van der Waals surface area contributed by atoms with Gasteiger partial charge in [0.2, 0.25) is 0 Å². The molecule has 0 aliphatic rings. The highest BCUT2D eigenvalue weighted by Gasteiger charge is 2.09. The fraction of sp³-hybridized carbons (Fsp3) is 0.889. The minimum Gasteiger partial charge on any atom is -0.480 e. The van der Waals surface area contributed by atoms with Crippen LogP contribution in [0.15, 0.2) is 0 Å². The zero-order valence-corrected chi connectivity index (χ0v) is 8.66. The van der Waals surface area contributed by atoms with Crippen LogP contribution in [0.1, 0.15) is 19.3 Å². The van der Waals surface area contributed by atoms with Crippen molar-refractivity contribution in [2.24, 2.45) is 5.73 Å². The second-order valence-electron chi connectivity index (χ2n) is 3.20. The lowest BCUT2D eigenvalue weighted by Gasteiger charge is -2.07. The van der Waals surface area contributed by atoms with E-state index in [4.69, 9.17) is 15.6 Å². The average Bonchev–Trinajstić information content (AvgIpc) is 2.16. The highest BCUT2D eigenvalue weighted by molar-refractivity contribution is 5.73. The Morgan fingerprint density at radius 2 is 2.21 bits per heavy atom. The minimum atomic E-state index is -0.961. The summed E-state index contributed by atoms with van der Waals surface area (Å²) in [5.41, 5.74) is 5.30. The van der Waals surface area contributed by atoms with Gasteiger partial charge in [-0.1, -0.05) is 0 Å². The summed E-state index contributed by atoms with van der Waals surface area (Å²) < 4.78 is 4.90. The van der Waals surface area contributed by atoms with Crippen LogP contribution in [0.2, 0.25) is 0 Å². The van der Waals surface area contributed by atoms with E-state index >= 15 is 0 Å². The van der Waals surface area contributed by atoms with Gasteiger partial charge in [0.05, 0.1) is 0 Å². The maximum Gasteiger partial charge on any atom is 0.321 e. The van der Waals surface area contributed by atoms with Gasteiger partial charge in [0.25, 0.3) is 0 Å². The lowest BCUT2D eigenvalue weighted by Crippen LogP contribution is -2.40. The van der Waals surface area contributed by atoms with Crippen molar-refractivity contribution in [1.29, 1.82) is 0 Å². The highest BCUT2D eigenvalue weighted by Crippen LogP contribution is 1.93. The molecule has 0 heterocycles. The number of carboxylic acid groups (broad SMARTS) is 1. The number of methoxy groups -OCH3 is 1. The molecule has 0 fully saturated rings. The van der Waals surface area contributed by atoms with Crippen molar-refractivity contribution in [3.8, 4) is 0 Å². The zero-order chi connectivity index (χ0) is 10.8. The van der Waals surface area contributed by atoms with Gasteiger partial charge in [-0.15, -0.1) is 0 Å². The van der Waals surface area contributed by atoms with E-state index in [1.165, 1.54) is 0 Å². The fourth-order valence-corrected chi connectivity index (χ4v) is 1.02. The van der Waals surface area contributed by atoms with Gasteiger partial charge < -0.3 is 20.9 Å². The van der Waals surface area contributed by atoms with Crippen LogP contribution < -0.4 is 11.1 Å². The first kappa shape index (κ1) is 13.4. The summed E-state index contributed by atoms with van der Waals surface area (Å²) in [5, 5.41) is 11.5. The molecule has 1 unspecified atom stereocenters. The van der Waals surface area contributed by atoms with E-state index in [0.717, 1.165) is 32.4 Å². The van der Waals surface area contributed by atoms with E-state index in [1.807, 2.05) is 0 Å². The third-order valence-electron chi connectivity index (χ3n) is 1.88. The van der Waals surface area contributed by atoms with Gasteiger partial charge in [-0.05, 0) is 25.8 Å². The number of nitrogens with two attached hydrogens (primary N) is 1. The summed E-state index contributed by atoms with van der Waals surface area (Å²) in [6.45, 7) is 1.93. The Bertz CT molecular complexity index is 153. The summed E-state index contributed by atoms with van der Waals surface area (Å²) in [6, 6.07) is -0.797.